The van der Waals surface area contributed by atoms with Crippen LogP contribution in [-0.4, -0.2) is 22.0 Å². The quantitative estimate of drug-likeness (QED) is 0.634. The number of halogens is 1. The molecule has 1 N–H and O–H groups in total. The van der Waals surface area contributed by atoms with Crippen LogP contribution in [0.2, 0.25) is 5.02 Å². The molecular weight excluding hydrogens is 422 g/mol. The molecule has 10 heteroatoms. The zero-order chi connectivity index (χ0) is 19.8. The Morgan fingerprint density at radius 3 is 2.86 bits per heavy atom. The molecule has 0 aliphatic carbocycles. The van der Waals surface area contributed by atoms with Crippen molar-refractivity contribution >= 4 is 63.0 Å². The van der Waals surface area contributed by atoms with Gasteiger partial charge in [0.25, 0.3) is 5.91 Å². The number of thiazole rings is 1. The summed E-state index contributed by atoms with van der Waals surface area (Å²) in [5.41, 5.74) is 0.375. The third kappa shape index (κ3) is 3.35. The molecular formula is C18H9ClN3O4S2-. The van der Waals surface area contributed by atoms with E-state index in [1.165, 1.54) is 34.4 Å². The van der Waals surface area contributed by atoms with Gasteiger partial charge in [-0.2, -0.15) is 0 Å². The molecule has 0 radical (unpaired) electrons. The maximum atomic E-state index is 12.6. The van der Waals surface area contributed by atoms with Gasteiger partial charge in [-0.05, 0) is 42.1 Å². The van der Waals surface area contributed by atoms with Crippen LogP contribution in [0, 0.1) is 5.41 Å². The van der Waals surface area contributed by atoms with Gasteiger partial charge in [0, 0.05) is 33.8 Å². The number of nitrogens with zero attached hydrogens (tertiary/aromatic N) is 2. The topological polar surface area (TPSA) is 110 Å². The summed E-state index contributed by atoms with van der Waals surface area (Å²) in [5, 5.41) is 21.5. The summed E-state index contributed by atoms with van der Waals surface area (Å²) in [6, 6.07) is 7.75. The molecule has 1 amide bonds. The van der Waals surface area contributed by atoms with E-state index in [1.54, 1.807) is 29.8 Å². The highest BCUT2D eigenvalue weighted by Crippen LogP contribution is 2.36. The number of carboxylic acids is 1. The number of benzene rings is 1. The Labute approximate surface area is 171 Å². The maximum absolute atomic E-state index is 12.6. The van der Waals surface area contributed by atoms with Crippen molar-refractivity contribution in [1.29, 1.82) is 5.41 Å². The second kappa shape index (κ2) is 7.27. The first-order chi connectivity index (χ1) is 13.4. The minimum absolute atomic E-state index is 0.0641. The average Bonchev–Trinajstić information content (AvgIpc) is 3.38. The first-order valence-corrected chi connectivity index (χ1v) is 9.84. The van der Waals surface area contributed by atoms with Gasteiger partial charge in [-0.3, -0.25) is 10.2 Å². The van der Waals surface area contributed by atoms with Gasteiger partial charge in [0.15, 0.2) is 10.3 Å². The van der Waals surface area contributed by atoms with Gasteiger partial charge in [0.1, 0.15) is 11.5 Å². The normalized spacial score (nSPS) is 15.6. The molecule has 7 nitrogen and oxygen atoms in total. The van der Waals surface area contributed by atoms with Crippen molar-refractivity contribution in [1.82, 2.24) is 4.98 Å². The molecule has 0 unspecified atom stereocenters. The van der Waals surface area contributed by atoms with E-state index in [9.17, 15) is 14.7 Å². The lowest BCUT2D eigenvalue weighted by Gasteiger charge is -2.08. The molecule has 140 valence electrons. The number of carbonyl (C=O) groups excluding carboxylic acids is 2. The first-order valence-electron chi connectivity index (χ1n) is 7.77. The third-order valence-electron chi connectivity index (χ3n) is 3.81. The van der Waals surface area contributed by atoms with Gasteiger partial charge in [0.2, 0.25) is 0 Å². The van der Waals surface area contributed by atoms with Crippen molar-refractivity contribution in [3.63, 3.8) is 0 Å². The summed E-state index contributed by atoms with van der Waals surface area (Å²) < 4.78 is 5.72. The largest absolute Gasteiger partial charge is 0.545 e. The number of carbonyl (C=O) groups is 2. The second-order valence-corrected chi connectivity index (χ2v) is 7.87. The summed E-state index contributed by atoms with van der Waals surface area (Å²) in [4.78, 5) is 29.3. The third-order valence-corrected chi connectivity index (χ3v) is 5.78. The van der Waals surface area contributed by atoms with E-state index in [0.717, 1.165) is 11.8 Å². The predicted molar refractivity (Wildman–Crippen MR) is 106 cm³/mol. The molecule has 1 fully saturated rings. The Bertz CT molecular complexity index is 1140. The van der Waals surface area contributed by atoms with Crippen molar-refractivity contribution in [2.45, 2.75) is 0 Å². The molecule has 0 spiro atoms. The van der Waals surface area contributed by atoms with E-state index in [2.05, 4.69) is 4.98 Å². The average molecular weight is 431 g/mol. The van der Waals surface area contributed by atoms with Crippen LogP contribution in [0.25, 0.3) is 17.4 Å². The van der Waals surface area contributed by atoms with E-state index in [4.69, 9.17) is 21.4 Å². The zero-order valence-electron chi connectivity index (χ0n) is 13.8. The number of carboxylic acid groups (broad SMARTS) is 1. The van der Waals surface area contributed by atoms with Gasteiger partial charge in [0.05, 0.1) is 10.9 Å². The highest BCUT2D eigenvalue weighted by Gasteiger charge is 2.35. The van der Waals surface area contributed by atoms with Gasteiger partial charge in [-0.15, -0.1) is 11.3 Å². The molecule has 3 aromatic rings. The summed E-state index contributed by atoms with van der Waals surface area (Å²) in [6.07, 6.45) is 3.10. The number of furan rings is 1. The van der Waals surface area contributed by atoms with E-state index >= 15 is 0 Å². The zero-order valence-corrected chi connectivity index (χ0v) is 16.2. The minimum Gasteiger partial charge on any atom is -0.545 e. The minimum atomic E-state index is -1.38. The van der Waals surface area contributed by atoms with Crippen LogP contribution in [0.4, 0.5) is 5.13 Å². The Hall–Kier alpha value is -2.88. The highest BCUT2D eigenvalue weighted by molar-refractivity contribution is 8.19. The summed E-state index contributed by atoms with van der Waals surface area (Å²) >= 11 is 8.13. The fourth-order valence-corrected chi connectivity index (χ4v) is 4.26. The van der Waals surface area contributed by atoms with E-state index in [-0.39, 0.29) is 21.7 Å². The van der Waals surface area contributed by atoms with Crippen molar-refractivity contribution in [2.24, 2.45) is 0 Å². The van der Waals surface area contributed by atoms with Gasteiger partial charge >= 0.3 is 0 Å². The monoisotopic (exact) mass is 430 g/mol. The summed E-state index contributed by atoms with van der Waals surface area (Å²) in [7, 11) is 0. The highest BCUT2D eigenvalue weighted by atomic mass is 35.5. The molecule has 1 aliphatic rings. The fraction of sp³-hybridized carbons (Fsp3) is 0. The molecule has 1 aromatic carbocycles. The maximum Gasteiger partial charge on any atom is 0.273 e. The second-order valence-electron chi connectivity index (χ2n) is 5.56. The number of hydrogen-bond donors (Lipinski definition) is 1. The number of aromatic nitrogens is 1. The predicted octanol–water partition coefficient (Wildman–Crippen LogP) is 3.48. The van der Waals surface area contributed by atoms with Crippen LogP contribution in [0.1, 0.15) is 16.1 Å². The van der Waals surface area contributed by atoms with Crippen LogP contribution in [-0.2, 0) is 4.79 Å². The first kappa shape index (κ1) is 18.5. The SMILES string of the molecule is N=C1S/C(=C\c2ccc(-c3ccc(Cl)c(C(=O)[O-])c3)o2)C(=O)N1c1nccs1. The van der Waals surface area contributed by atoms with Crippen LogP contribution in [0.3, 0.4) is 0 Å². The number of anilines is 1. The summed E-state index contributed by atoms with van der Waals surface area (Å²) in [5.74, 6) is -0.930. The van der Waals surface area contributed by atoms with Gasteiger partial charge in [-0.25, -0.2) is 9.88 Å². The molecule has 4 rings (SSSR count). The van der Waals surface area contributed by atoms with E-state index in [1.807, 2.05) is 0 Å². The number of hydrogen-bond acceptors (Lipinski definition) is 8. The number of nitrogens with one attached hydrogen (secondary N) is 1. The summed E-state index contributed by atoms with van der Waals surface area (Å²) in [6.45, 7) is 0. The Morgan fingerprint density at radius 2 is 2.14 bits per heavy atom. The lowest BCUT2D eigenvalue weighted by molar-refractivity contribution is -0.255. The molecule has 0 saturated carbocycles. The number of aromatic carboxylic acids is 1. The molecule has 3 heterocycles. The fourth-order valence-electron chi connectivity index (χ4n) is 2.54. The molecule has 0 atom stereocenters. The molecule has 1 aliphatic heterocycles. The Balaban J connectivity index is 1.62. The Morgan fingerprint density at radius 1 is 1.32 bits per heavy atom. The van der Waals surface area contributed by atoms with Crippen molar-refractivity contribution in [3.05, 3.63) is 63.2 Å². The van der Waals surface area contributed by atoms with Crippen LogP contribution < -0.4 is 10.0 Å². The van der Waals surface area contributed by atoms with Crippen LogP contribution in [0.15, 0.2) is 51.2 Å². The van der Waals surface area contributed by atoms with Gasteiger partial charge < -0.3 is 14.3 Å². The van der Waals surface area contributed by atoms with Crippen LogP contribution in [0.5, 0.6) is 0 Å². The van der Waals surface area contributed by atoms with Crippen molar-refractivity contribution in [3.8, 4) is 11.3 Å². The number of amidine groups is 1. The molecule has 0 bridgehead atoms. The lowest BCUT2D eigenvalue weighted by Crippen LogP contribution is -2.27. The molecule has 28 heavy (non-hydrogen) atoms. The lowest BCUT2D eigenvalue weighted by atomic mass is 10.1. The van der Waals surface area contributed by atoms with Crippen molar-refractivity contribution < 1.29 is 19.1 Å². The van der Waals surface area contributed by atoms with E-state index in [0.29, 0.717) is 27.1 Å². The smallest absolute Gasteiger partial charge is 0.273 e. The molecule has 2 aromatic heterocycles. The van der Waals surface area contributed by atoms with Crippen LogP contribution >= 0.6 is 34.7 Å². The number of thioether (sulfide) groups is 1. The Kier molecular flexibility index (Phi) is 4.80. The van der Waals surface area contributed by atoms with E-state index < -0.39 is 5.97 Å². The number of rotatable bonds is 4. The molecule has 1 saturated heterocycles. The van der Waals surface area contributed by atoms with Gasteiger partial charge in [-0.1, -0.05) is 11.6 Å². The standard InChI is InChI=1S/C18H10ClN3O4S2/c19-12-3-1-9(7-11(12)16(24)25)13-4-2-10(26-13)8-14-15(23)22(17(20)28-14)18-21-5-6-27-18/h1-8,20H,(H,24,25)/p-1/b14-8-,20-17?. The number of amides is 1. The van der Waals surface area contributed by atoms with Crippen molar-refractivity contribution in [2.75, 3.05) is 4.90 Å².